The number of benzene rings is 1. The van der Waals surface area contributed by atoms with E-state index in [9.17, 15) is 14.4 Å². The van der Waals surface area contributed by atoms with Crippen LogP contribution in [-0.4, -0.2) is 35.9 Å². The summed E-state index contributed by atoms with van der Waals surface area (Å²) in [6, 6.07) is 10.0. The maximum atomic E-state index is 12.8. The summed E-state index contributed by atoms with van der Waals surface area (Å²) in [6.07, 6.45) is 0.764. The standard InChI is InChI=1S/C21H24BrN3O4/c1-5-12(2)24-20(27)18-16(10-9-13(3)23-18)19(26)25-15-8-6-7-14(11-15)17(22)21(28)29-4/h6-12,17H,5H2,1-4H3,(H,24,27)(H,25,26). The molecule has 2 rings (SSSR count). The van der Waals surface area contributed by atoms with Gasteiger partial charge in [0, 0.05) is 17.4 Å². The maximum absolute atomic E-state index is 12.8. The molecule has 0 aliphatic carbocycles. The normalized spacial score (nSPS) is 12.6. The first-order chi connectivity index (χ1) is 13.8. The lowest BCUT2D eigenvalue weighted by molar-refractivity contribution is -0.139. The van der Waals surface area contributed by atoms with Gasteiger partial charge in [0.2, 0.25) is 0 Å². The van der Waals surface area contributed by atoms with Crippen molar-refractivity contribution in [2.75, 3.05) is 12.4 Å². The minimum Gasteiger partial charge on any atom is -0.468 e. The van der Waals surface area contributed by atoms with Gasteiger partial charge in [-0.05, 0) is 50.1 Å². The van der Waals surface area contributed by atoms with E-state index in [1.54, 1.807) is 43.3 Å². The van der Waals surface area contributed by atoms with Crippen LogP contribution in [0.1, 0.15) is 57.2 Å². The number of aryl methyl sites for hydroxylation is 1. The van der Waals surface area contributed by atoms with Crippen molar-refractivity contribution >= 4 is 39.4 Å². The third kappa shape index (κ3) is 5.87. The fourth-order valence-corrected chi connectivity index (χ4v) is 2.99. The Kier molecular flexibility index (Phi) is 7.90. The molecule has 2 N–H and O–H groups in total. The highest BCUT2D eigenvalue weighted by Crippen LogP contribution is 2.26. The van der Waals surface area contributed by atoms with Crippen LogP contribution in [0.4, 0.5) is 5.69 Å². The molecule has 0 saturated carbocycles. The molecule has 8 heteroatoms. The number of nitrogens with one attached hydrogen (secondary N) is 2. The SMILES string of the molecule is CCC(C)NC(=O)c1nc(C)ccc1C(=O)Nc1cccc(C(Br)C(=O)OC)c1. The number of halogens is 1. The Morgan fingerprint density at radius 1 is 1.17 bits per heavy atom. The molecule has 2 amide bonds. The van der Waals surface area contributed by atoms with Gasteiger partial charge in [-0.25, -0.2) is 4.98 Å². The van der Waals surface area contributed by atoms with Gasteiger partial charge >= 0.3 is 5.97 Å². The van der Waals surface area contributed by atoms with E-state index in [-0.39, 0.29) is 17.3 Å². The third-order valence-electron chi connectivity index (χ3n) is 4.33. The summed E-state index contributed by atoms with van der Waals surface area (Å²) in [4.78, 5) is 40.8. The minimum absolute atomic E-state index is 0.0356. The van der Waals surface area contributed by atoms with Gasteiger partial charge in [-0.2, -0.15) is 0 Å². The van der Waals surface area contributed by atoms with Crippen molar-refractivity contribution in [3.05, 3.63) is 58.9 Å². The number of hydrogen-bond donors (Lipinski definition) is 2. The van der Waals surface area contributed by atoms with Crippen LogP contribution in [-0.2, 0) is 9.53 Å². The minimum atomic E-state index is -0.651. The molecular weight excluding hydrogens is 438 g/mol. The lowest BCUT2D eigenvalue weighted by Crippen LogP contribution is -2.34. The van der Waals surface area contributed by atoms with Crippen molar-refractivity contribution in [1.29, 1.82) is 0 Å². The van der Waals surface area contributed by atoms with Gasteiger partial charge in [0.15, 0.2) is 0 Å². The lowest BCUT2D eigenvalue weighted by Gasteiger charge is -2.14. The fraction of sp³-hybridized carbons (Fsp3) is 0.333. The second-order valence-corrected chi connectivity index (χ2v) is 7.51. The second-order valence-electron chi connectivity index (χ2n) is 6.60. The summed E-state index contributed by atoms with van der Waals surface area (Å²) in [6.45, 7) is 5.60. The molecule has 0 aliphatic rings. The molecule has 2 unspecified atom stereocenters. The van der Waals surface area contributed by atoms with Gasteiger partial charge in [0.05, 0.1) is 12.7 Å². The molecule has 1 aromatic heterocycles. The van der Waals surface area contributed by atoms with Crippen LogP contribution in [0.3, 0.4) is 0 Å². The van der Waals surface area contributed by atoms with E-state index in [1.807, 2.05) is 13.8 Å². The van der Waals surface area contributed by atoms with Crippen molar-refractivity contribution in [2.24, 2.45) is 0 Å². The number of amides is 2. The first-order valence-electron chi connectivity index (χ1n) is 9.18. The zero-order valence-electron chi connectivity index (χ0n) is 16.8. The van der Waals surface area contributed by atoms with Crippen LogP contribution < -0.4 is 10.6 Å². The van der Waals surface area contributed by atoms with Gasteiger partial charge < -0.3 is 15.4 Å². The Morgan fingerprint density at radius 3 is 2.55 bits per heavy atom. The van der Waals surface area contributed by atoms with Gasteiger partial charge in [0.1, 0.15) is 10.5 Å². The van der Waals surface area contributed by atoms with E-state index in [2.05, 4.69) is 31.5 Å². The predicted octanol–water partition coefficient (Wildman–Crippen LogP) is 3.78. The summed E-state index contributed by atoms with van der Waals surface area (Å²) in [5.74, 6) is -1.30. The number of methoxy groups -OCH3 is 1. The molecule has 0 radical (unpaired) electrons. The molecule has 0 fully saturated rings. The van der Waals surface area contributed by atoms with Crippen LogP contribution in [0.5, 0.6) is 0 Å². The average Bonchev–Trinajstić information content (AvgIpc) is 2.72. The summed E-state index contributed by atoms with van der Waals surface area (Å²) in [5, 5.41) is 5.60. The van der Waals surface area contributed by atoms with E-state index in [0.29, 0.717) is 16.9 Å². The van der Waals surface area contributed by atoms with Crippen molar-refractivity contribution in [3.63, 3.8) is 0 Å². The highest BCUT2D eigenvalue weighted by Gasteiger charge is 2.21. The van der Waals surface area contributed by atoms with Gasteiger partial charge in [-0.3, -0.25) is 14.4 Å². The van der Waals surface area contributed by atoms with Crippen LogP contribution in [0.15, 0.2) is 36.4 Å². The predicted molar refractivity (Wildman–Crippen MR) is 114 cm³/mol. The number of esters is 1. The van der Waals surface area contributed by atoms with Gasteiger partial charge in [-0.15, -0.1) is 0 Å². The number of carbonyl (C=O) groups is 3. The summed E-state index contributed by atoms with van der Waals surface area (Å²) < 4.78 is 4.72. The molecule has 29 heavy (non-hydrogen) atoms. The molecule has 0 saturated heterocycles. The molecule has 0 aliphatic heterocycles. The van der Waals surface area contributed by atoms with E-state index in [1.165, 1.54) is 7.11 Å². The maximum Gasteiger partial charge on any atom is 0.323 e. The molecule has 0 spiro atoms. The van der Waals surface area contributed by atoms with Crippen molar-refractivity contribution in [2.45, 2.75) is 38.1 Å². The summed E-state index contributed by atoms with van der Waals surface area (Å²) >= 11 is 3.27. The molecule has 7 nitrogen and oxygen atoms in total. The summed E-state index contributed by atoms with van der Waals surface area (Å²) in [7, 11) is 1.30. The zero-order chi connectivity index (χ0) is 21.6. The number of anilines is 1. The summed E-state index contributed by atoms with van der Waals surface area (Å²) in [5.41, 5.74) is 2.00. The number of carbonyl (C=O) groups excluding carboxylic acids is 3. The lowest BCUT2D eigenvalue weighted by atomic mass is 10.1. The Labute approximate surface area is 178 Å². The quantitative estimate of drug-likeness (QED) is 0.482. The highest BCUT2D eigenvalue weighted by atomic mass is 79.9. The van der Waals surface area contributed by atoms with Gasteiger partial charge in [0.25, 0.3) is 11.8 Å². The second kappa shape index (κ2) is 10.2. The zero-order valence-corrected chi connectivity index (χ0v) is 18.4. The van der Waals surface area contributed by atoms with Crippen molar-refractivity contribution < 1.29 is 19.1 Å². The Morgan fingerprint density at radius 2 is 1.90 bits per heavy atom. The monoisotopic (exact) mass is 461 g/mol. The highest BCUT2D eigenvalue weighted by molar-refractivity contribution is 9.09. The molecule has 1 aromatic carbocycles. The van der Waals surface area contributed by atoms with Crippen LogP contribution >= 0.6 is 15.9 Å². The smallest absolute Gasteiger partial charge is 0.323 e. The van der Waals surface area contributed by atoms with Crippen molar-refractivity contribution in [1.82, 2.24) is 10.3 Å². The number of rotatable bonds is 7. The molecule has 0 bridgehead atoms. The molecule has 2 atom stereocenters. The van der Waals surface area contributed by atoms with E-state index in [4.69, 9.17) is 4.74 Å². The molecule has 2 aromatic rings. The number of alkyl halides is 1. The van der Waals surface area contributed by atoms with E-state index < -0.39 is 22.6 Å². The molecule has 154 valence electrons. The van der Waals surface area contributed by atoms with E-state index >= 15 is 0 Å². The van der Waals surface area contributed by atoms with Crippen molar-refractivity contribution in [3.8, 4) is 0 Å². The number of nitrogens with zero attached hydrogens (tertiary/aromatic N) is 1. The van der Waals surface area contributed by atoms with Crippen LogP contribution in [0.25, 0.3) is 0 Å². The van der Waals surface area contributed by atoms with Crippen LogP contribution in [0, 0.1) is 6.92 Å². The van der Waals surface area contributed by atoms with E-state index in [0.717, 1.165) is 6.42 Å². The topological polar surface area (TPSA) is 97.4 Å². The molecular formula is C21H24BrN3O4. The first-order valence-corrected chi connectivity index (χ1v) is 10.1. The largest absolute Gasteiger partial charge is 0.468 e. The Balaban J connectivity index is 2.28. The average molecular weight is 462 g/mol. The van der Waals surface area contributed by atoms with Gasteiger partial charge in [-0.1, -0.05) is 35.0 Å². The number of ether oxygens (including phenoxy) is 1. The Bertz CT molecular complexity index is 917. The fourth-order valence-electron chi connectivity index (χ4n) is 2.52. The van der Waals surface area contributed by atoms with Crippen LogP contribution in [0.2, 0.25) is 0 Å². The third-order valence-corrected chi connectivity index (χ3v) is 5.23. The number of aromatic nitrogens is 1. The first kappa shape index (κ1) is 22.5. The number of hydrogen-bond acceptors (Lipinski definition) is 5. The Hall–Kier alpha value is -2.74. The number of pyridine rings is 1. The molecule has 1 heterocycles.